The van der Waals surface area contributed by atoms with Crippen molar-refractivity contribution in [1.82, 2.24) is 4.98 Å². The van der Waals surface area contributed by atoms with Crippen LogP contribution in [0.25, 0.3) is 54.6 Å². The SMILES string of the molecule is CC(C)c1cccc(-c2c3ccccc3c(-c3ccc4ccccc4c3)c3ccncc23)c1. The molecule has 33 heavy (non-hydrogen) atoms. The van der Waals surface area contributed by atoms with Gasteiger partial charge in [0.1, 0.15) is 0 Å². The van der Waals surface area contributed by atoms with E-state index in [1.165, 1.54) is 60.1 Å². The van der Waals surface area contributed by atoms with E-state index in [4.69, 9.17) is 0 Å². The quantitative estimate of drug-likeness (QED) is 0.259. The number of rotatable bonds is 3. The van der Waals surface area contributed by atoms with Crippen molar-refractivity contribution < 1.29 is 0 Å². The van der Waals surface area contributed by atoms with Crippen molar-refractivity contribution >= 4 is 32.3 Å². The minimum absolute atomic E-state index is 0.484. The lowest BCUT2D eigenvalue weighted by Crippen LogP contribution is -1.93. The fourth-order valence-electron chi connectivity index (χ4n) is 5.04. The van der Waals surface area contributed by atoms with Gasteiger partial charge in [0.15, 0.2) is 0 Å². The number of fused-ring (bicyclic) bond motifs is 3. The van der Waals surface area contributed by atoms with Crippen molar-refractivity contribution in [3.63, 3.8) is 0 Å². The highest BCUT2D eigenvalue weighted by Gasteiger charge is 2.17. The molecule has 158 valence electrons. The summed E-state index contributed by atoms with van der Waals surface area (Å²) >= 11 is 0. The van der Waals surface area contributed by atoms with Crippen LogP contribution in [0, 0.1) is 0 Å². The number of benzene rings is 5. The first-order valence-corrected chi connectivity index (χ1v) is 11.6. The molecule has 0 saturated carbocycles. The van der Waals surface area contributed by atoms with Crippen LogP contribution < -0.4 is 0 Å². The molecule has 0 aliphatic heterocycles. The minimum atomic E-state index is 0.484. The van der Waals surface area contributed by atoms with Gasteiger partial charge in [0.05, 0.1) is 0 Å². The lowest BCUT2D eigenvalue weighted by atomic mass is 9.85. The molecule has 1 heteroatoms. The lowest BCUT2D eigenvalue weighted by Gasteiger charge is -2.18. The van der Waals surface area contributed by atoms with Gasteiger partial charge in [0.2, 0.25) is 0 Å². The van der Waals surface area contributed by atoms with Crippen molar-refractivity contribution in [2.45, 2.75) is 19.8 Å². The number of hydrogen-bond donors (Lipinski definition) is 0. The van der Waals surface area contributed by atoms with Crippen LogP contribution in [0.3, 0.4) is 0 Å². The molecule has 0 unspecified atom stereocenters. The van der Waals surface area contributed by atoms with Crippen LogP contribution in [-0.4, -0.2) is 4.98 Å². The van der Waals surface area contributed by atoms with Gasteiger partial charge in [-0.15, -0.1) is 0 Å². The van der Waals surface area contributed by atoms with Crippen LogP contribution in [0.4, 0.5) is 0 Å². The Hall–Kier alpha value is -3.97. The van der Waals surface area contributed by atoms with Crippen LogP contribution in [0.1, 0.15) is 25.3 Å². The maximum Gasteiger partial charge on any atom is 0.0353 e. The minimum Gasteiger partial charge on any atom is -0.264 e. The predicted octanol–water partition coefficient (Wildman–Crippen LogP) is 9.00. The van der Waals surface area contributed by atoms with E-state index in [2.05, 4.69) is 116 Å². The standard InChI is InChI=1S/C32H25N/c1-21(2)23-10-7-11-25(18-23)32-28-13-6-5-12-27(28)31(29-16-17-33-20-30(29)32)26-15-14-22-8-3-4-9-24(22)19-26/h3-21H,1-2H3. The highest BCUT2D eigenvalue weighted by Crippen LogP contribution is 2.44. The molecule has 0 spiro atoms. The summed E-state index contributed by atoms with van der Waals surface area (Å²) in [4.78, 5) is 4.55. The zero-order valence-electron chi connectivity index (χ0n) is 18.9. The third-order valence-electron chi connectivity index (χ3n) is 6.71. The maximum absolute atomic E-state index is 4.55. The van der Waals surface area contributed by atoms with E-state index >= 15 is 0 Å². The monoisotopic (exact) mass is 423 g/mol. The van der Waals surface area contributed by atoms with Crippen LogP contribution in [0.15, 0.2) is 109 Å². The van der Waals surface area contributed by atoms with Gasteiger partial charge >= 0.3 is 0 Å². The Morgan fingerprint density at radius 1 is 0.545 bits per heavy atom. The highest BCUT2D eigenvalue weighted by atomic mass is 14.6. The normalized spacial score (nSPS) is 11.6. The van der Waals surface area contributed by atoms with E-state index in [1.54, 1.807) is 0 Å². The maximum atomic E-state index is 4.55. The van der Waals surface area contributed by atoms with Crippen molar-refractivity contribution in [3.05, 3.63) is 115 Å². The average Bonchev–Trinajstić information content (AvgIpc) is 2.87. The largest absolute Gasteiger partial charge is 0.264 e. The third kappa shape index (κ3) is 3.29. The molecule has 0 bridgehead atoms. The second kappa shape index (κ2) is 7.86. The molecule has 6 rings (SSSR count). The van der Waals surface area contributed by atoms with Gasteiger partial charge in [0, 0.05) is 17.8 Å². The first kappa shape index (κ1) is 19.7. The first-order valence-electron chi connectivity index (χ1n) is 11.6. The van der Waals surface area contributed by atoms with Crippen molar-refractivity contribution in [2.75, 3.05) is 0 Å². The fraction of sp³-hybridized carbons (Fsp3) is 0.0938. The molecular weight excluding hydrogens is 398 g/mol. The molecule has 0 aliphatic carbocycles. The molecule has 0 saturated heterocycles. The summed E-state index contributed by atoms with van der Waals surface area (Å²) in [6, 6.07) is 35.3. The molecule has 5 aromatic carbocycles. The molecular formula is C32H25N. The Morgan fingerprint density at radius 3 is 2.00 bits per heavy atom. The van der Waals surface area contributed by atoms with Gasteiger partial charge in [-0.2, -0.15) is 0 Å². The Morgan fingerprint density at radius 2 is 1.21 bits per heavy atom. The summed E-state index contributed by atoms with van der Waals surface area (Å²) in [5, 5.41) is 7.50. The Balaban J connectivity index is 1.74. The van der Waals surface area contributed by atoms with Crippen molar-refractivity contribution in [2.24, 2.45) is 0 Å². The molecule has 0 radical (unpaired) electrons. The van der Waals surface area contributed by atoms with E-state index in [0.717, 1.165) is 0 Å². The Bertz CT molecular complexity index is 1580. The van der Waals surface area contributed by atoms with Gasteiger partial charge in [-0.25, -0.2) is 0 Å². The summed E-state index contributed by atoms with van der Waals surface area (Å²) in [6.07, 6.45) is 3.94. The van der Waals surface area contributed by atoms with Crippen LogP contribution in [0.2, 0.25) is 0 Å². The number of pyridine rings is 1. The second-order valence-electron chi connectivity index (χ2n) is 9.06. The van der Waals surface area contributed by atoms with E-state index < -0.39 is 0 Å². The van der Waals surface area contributed by atoms with Crippen LogP contribution >= 0.6 is 0 Å². The van der Waals surface area contributed by atoms with Gasteiger partial charge in [-0.3, -0.25) is 4.98 Å². The molecule has 6 aromatic rings. The smallest absolute Gasteiger partial charge is 0.0353 e. The van der Waals surface area contributed by atoms with Crippen molar-refractivity contribution in [1.29, 1.82) is 0 Å². The summed E-state index contributed by atoms with van der Waals surface area (Å²) in [7, 11) is 0. The fourth-order valence-corrected chi connectivity index (χ4v) is 5.04. The third-order valence-corrected chi connectivity index (χ3v) is 6.71. The number of aromatic nitrogens is 1. The molecule has 0 N–H and O–H groups in total. The zero-order chi connectivity index (χ0) is 22.4. The number of nitrogens with zero attached hydrogens (tertiary/aromatic N) is 1. The second-order valence-corrected chi connectivity index (χ2v) is 9.06. The molecule has 0 amide bonds. The average molecular weight is 424 g/mol. The zero-order valence-corrected chi connectivity index (χ0v) is 18.9. The van der Waals surface area contributed by atoms with Crippen molar-refractivity contribution in [3.8, 4) is 22.3 Å². The first-order chi connectivity index (χ1) is 16.2. The summed E-state index contributed by atoms with van der Waals surface area (Å²) in [5.74, 6) is 0.484. The Kier molecular flexibility index (Phi) is 4.69. The molecule has 1 nitrogen and oxygen atoms in total. The van der Waals surface area contributed by atoms with E-state index in [1.807, 2.05) is 12.4 Å². The summed E-state index contributed by atoms with van der Waals surface area (Å²) in [5.41, 5.74) is 6.38. The molecule has 1 aromatic heterocycles. The predicted molar refractivity (Wildman–Crippen MR) is 142 cm³/mol. The Labute approximate surface area is 194 Å². The van der Waals surface area contributed by atoms with Gasteiger partial charge in [0.25, 0.3) is 0 Å². The molecule has 1 heterocycles. The van der Waals surface area contributed by atoms with Crippen LogP contribution in [0.5, 0.6) is 0 Å². The number of hydrogen-bond acceptors (Lipinski definition) is 1. The van der Waals surface area contributed by atoms with Crippen LogP contribution in [-0.2, 0) is 0 Å². The molecule has 0 atom stereocenters. The van der Waals surface area contributed by atoms with Gasteiger partial charge in [-0.05, 0) is 72.8 Å². The van der Waals surface area contributed by atoms with E-state index in [0.29, 0.717) is 5.92 Å². The van der Waals surface area contributed by atoms with E-state index in [9.17, 15) is 0 Å². The highest BCUT2D eigenvalue weighted by molar-refractivity contribution is 6.21. The van der Waals surface area contributed by atoms with Gasteiger partial charge in [-0.1, -0.05) is 98.8 Å². The van der Waals surface area contributed by atoms with Gasteiger partial charge < -0.3 is 0 Å². The summed E-state index contributed by atoms with van der Waals surface area (Å²) < 4.78 is 0. The summed E-state index contributed by atoms with van der Waals surface area (Å²) in [6.45, 7) is 4.50. The van der Waals surface area contributed by atoms with E-state index in [-0.39, 0.29) is 0 Å². The molecule has 0 aliphatic rings. The topological polar surface area (TPSA) is 12.9 Å². The molecule has 0 fully saturated rings. The lowest BCUT2D eigenvalue weighted by molar-refractivity contribution is 0.867.